The van der Waals surface area contributed by atoms with Gasteiger partial charge in [0.15, 0.2) is 11.8 Å². The van der Waals surface area contributed by atoms with Gasteiger partial charge in [0.05, 0.1) is 36.5 Å². The molecule has 3 aromatic carbocycles. The fourth-order valence-electron chi connectivity index (χ4n) is 5.33. The Labute approximate surface area is 312 Å². The molecule has 0 saturated carbocycles. The Morgan fingerprint density at radius 3 is 2.25 bits per heavy atom. The zero-order valence-electron chi connectivity index (χ0n) is 30.0. The zero-order chi connectivity index (χ0) is 38.7. The number of amides is 1. The second-order valence-corrected chi connectivity index (χ2v) is 13.4. The van der Waals surface area contributed by atoms with Gasteiger partial charge in [-0.1, -0.05) is 61.0 Å². The highest BCUT2D eigenvalue weighted by Gasteiger charge is 2.28. The Hall–Kier alpha value is -5.93. The minimum absolute atomic E-state index is 0.0493. The van der Waals surface area contributed by atoms with Gasteiger partial charge in [-0.05, 0) is 68.7 Å². The lowest BCUT2D eigenvalue weighted by atomic mass is 9.98. The van der Waals surface area contributed by atoms with E-state index in [0.717, 1.165) is 5.56 Å². The molecule has 4 rings (SSSR count). The number of benzene rings is 3. The molecule has 2 atom stereocenters. The molecule has 53 heavy (non-hydrogen) atoms. The van der Waals surface area contributed by atoms with Crippen molar-refractivity contribution in [1.82, 2.24) is 9.88 Å². The van der Waals surface area contributed by atoms with E-state index in [4.69, 9.17) is 30.5 Å². The number of ether oxygens (including phenoxy) is 4. The number of esters is 2. The van der Waals surface area contributed by atoms with Crippen LogP contribution in [-0.4, -0.2) is 53.7 Å². The average molecular weight is 742 g/mol. The number of hydrogen-bond acceptors (Lipinski definition) is 10. The fraction of sp³-hybridized carbons (Fsp3) is 0.300. The summed E-state index contributed by atoms with van der Waals surface area (Å²) in [4.78, 5) is 65.2. The van der Waals surface area contributed by atoms with E-state index >= 15 is 0 Å². The van der Waals surface area contributed by atoms with Crippen LogP contribution in [0.25, 0.3) is 11.1 Å². The fourth-order valence-corrected chi connectivity index (χ4v) is 5.50. The lowest BCUT2D eigenvalue weighted by Crippen LogP contribution is -2.47. The maximum absolute atomic E-state index is 13.5. The molecule has 1 N–H and O–H groups in total. The number of alkyl carbamates (subject to hydrolysis) is 1. The minimum atomic E-state index is -1.35. The summed E-state index contributed by atoms with van der Waals surface area (Å²) in [6, 6.07) is 21.0. The number of pyridine rings is 1. The third kappa shape index (κ3) is 11.0. The molecule has 4 aromatic rings. The van der Waals surface area contributed by atoms with Crippen molar-refractivity contribution in [2.45, 2.75) is 64.8 Å². The van der Waals surface area contributed by atoms with E-state index in [1.165, 1.54) is 36.1 Å². The summed E-state index contributed by atoms with van der Waals surface area (Å²) in [6.07, 6.45) is 0.818. The monoisotopic (exact) mass is 741 g/mol. The van der Waals surface area contributed by atoms with Crippen LogP contribution in [0.3, 0.4) is 0 Å². The highest BCUT2D eigenvalue weighted by molar-refractivity contribution is 6.31. The summed E-state index contributed by atoms with van der Waals surface area (Å²) >= 11 is 6.17. The summed E-state index contributed by atoms with van der Waals surface area (Å²) in [5.41, 5.74) is 1.24. The number of aromatic nitrogens is 1. The topological polar surface area (TPSA) is 163 Å². The molecule has 1 amide bonds. The molecule has 12 nitrogen and oxygen atoms in total. The van der Waals surface area contributed by atoms with Crippen LogP contribution in [-0.2, 0) is 36.8 Å². The van der Waals surface area contributed by atoms with Crippen molar-refractivity contribution in [2.24, 2.45) is 0 Å². The van der Waals surface area contributed by atoms with Gasteiger partial charge >= 0.3 is 18.0 Å². The second-order valence-electron chi connectivity index (χ2n) is 13.0. The Bertz CT molecular complexity index is 2050. The molecule has 276 valence electrons. The first-order chi connectivity index (χ1) is 25.2. The van der Waals surface area contributed by atoms with Crippen molar-refractivity contribution >= 4 is 35.4 Å². The Kier molecular flexibility index (Phi) is 13.5. The maximum atomic E-state index is 13.5. The van der Waals surface area contributed by atoms with E-state index in [1.54, 1.807) is 82.3 Å². The molecular formula is C40H40ClN3O9. The molecule has 13 heteroatoms. The van der Waals surface area contributed by atoms with Gasteiger partial charge in [0.25, 0.3) is 5.56 Å². The van der Waals surface area contributed by atoms with Crippen molar-refractivity contribution in [2.75, 3.05) is 13.7 Å². The summed E-state index contributed by atoms with van der Waals surface area (Å²) in [5.74, 6) is -1.58. The highest BCUT2D eigenvalue weighted by Crippen LogP contribution is 2.33. The van der Waals surface area contributed by atoms with Crippen LogP contribution in [0.4, 0.5) is 4.79 Å². The molecule has 1 aromatic heterocycles. The first-order valence-corrected chi connectivity index (χ1v) is 17.1. The number of Topliss-reactive ketones (excluding diaryl/α,β-unsaturated/α-hetero) is 1. The predicted octanol–water partition coefficient (Wildman–Crippen LogP) is 6.61. The van der Waals surface area contributed by atoms with Crippen LogP contribution in [0, 0.1) is 11.3 Å². The summed E-state index contributed by atoms with van der Waals surface area (Å²) in [6.45, 7) is 6.19. The molecule has 1 heterocycles. The van der Waals surface area contributed by atoms with Gasteiger partial charge in [-0.2, -0.15) is 5.26 Å². The van der Waals surface area contributed by atoms with Crippen LogP contribution >= 0.6 is 11.6 Å². The summed E-state index contributed by atoms with van der Waals surface area (Å²) < 4.78 is 22.9. The molecule has 0 aliphatic carbocycles. The van der Waals surface area contributed by atoms with E-state index in [2.05, 4.69) is 11.4 Å². The number of carbonyl (C=O) groups is 4. The van der Waals surface area contributed by atoms with Gasteiger partial charge in [0, 0.05) is 28.6 Å². The van der Waals surface area contributed by atoms with Crippen molar-refractivity contribution < 1.29 is 38.1 Å². The molecule has 0 radical (unpaired) electrons. The van der Waals surface area contributed by atoms with Crippen LogP contribution in [0.2, 0.25) is 5.02 Å². The van der Waals surface area contributed by atoms with Crippen molar-refractivity contribution in [3.05, 3.63) is 123 Å². The average Bonchev–Trinajstić information content (AvgIpc) is 3.12. The smallest absolute Gasteiger partial charge is 0.408 e. The van der Waals surface area contributed by atoms with Crippen molar-refractivity contribution in [3.8, 4) is 22.9 Å². The van der Waals surface area contributed by atoms with Gasteiger partial charge in [-0.15, -0.1) is 0 Å². The number of nitriles is 1. The zero-order valence-corrected chi connectivity index (χ0v) is 30.8. The number of nitrogens with zero attached hydrogens (tertiary/aromatic N) is 2. The lowest BCUT2D eigenvalue weighted by molar-refractivity contribution is -0.148. The van der Waals surface area contributed by atoms with Crippen molar-refractivity contribution in [3.63, 3.8) is 0 Å². The van der Waals surface area contributed by atoms with E-state index in [1.807, 2.05) is 6.07 Å². The van der Waals surface area contributed by atoms with Gasteiger partial charge in [-0.25, -0.2) is 14.4 Å². The predicted molar refractivity (Wildman–Crippen MR) is 197 cm³/mol. The third-order valence-corrected chi connectivity index (χ3v) is 8.13. The molecule has 0 fully saturated rings. The van der Waals surface area contributed by atoms with Gasteiger partial charge in [0.1, 0.15) is 24.6 Å². The first kappa shape index (κ1) is 39.8. The second kappa shape index (κ2) is 18.0. The van der Waals surface area contributed by atoms with E-state index in [-0.39, 0.29) is 30.1 Å². The number of carbonyl (C=O) groups excluding carboxylic acids is 4. The van der Waals surface area contributed by atoms with E-state index in [0.29, 0.717) is 33.7 Å². The number of methoxy groups -OCH3 is 1. The first-order valence-electron chi connectivity index (χ1n) is 16.7. The number of ketones is 1. The van der Waals surface area contributed by atoms with Gasteiger partial charge in [-0.3, -0.25) is 9.59 Å². The minimum Gasteiger partial charge on any atom is -0.495 e. The molecular weight excluding hydrogens is 702 g/mol. The largest absolute Gasteiger partial charge is 0.495 e. The number of hydrogen-bond donors (Lipinski definition) is 1. The highest BCUT2D eigenvalue weighted by atomic mass is 35.5. The Morgan fingerprint density at radius 2 is 1.62 bits per heavy atom. The molecule has 0 bridgehead atoms. The van der Waals surface area contributed by atoms with Crippen LogP contribution in [0.1, 0.15) is 67.2 Å². The van der Waals surface area contributed by atoms with Crippen LogP contribution < -0.4 is 15.6 Å². The summed E-state index contributed by atoms with van der Waals surface area (Å²) in [5, 5.41) is 12.4. The molecule has 0 aliphatic rings. The Balaban J connectivity index is 1.44. The van der Waals surface area contributed by atoms with Crippen LogP contribution in [0.5, 0.6) is 5.75 Å². The lowest BCUT2D eigenvalue weighted by Gasteiger charge is -2.23. The van der Waals surface area contributed by atoms with Crippen LogP contribution in [0.15, 0.2) is 89.9 Å². The quantitative estimate of drug-likeness (QED) is 0.110. The number of halogens is 1. The van der Waals surface area contributed by atoms with E-state index < -0.39 is 47.9 Å². The summed E-state index contributed by atoms with van der Waals surface area (Å²) in [7, 11) is 1.43. The number of rotatable bonds is 14. The van der Waals surface area contributed by atoms with Crippen molar-refractivity contribution in [1.29, 1.82) is 5.26 Å². The molecule has 0 spiro atoms. The maximum Gasteiger partial charge on any atom is 0.408 e. The Morgan fingerprint density at radius 1 is 0.925 bits per heavy atom. The SMILES string of the molecule is CCC(C(=O)Cc1ccc(C(=O)OC[C@H](NC(=O)OC(C)(C)C)C(=O)OCc2ccccc2)cc1)n1cc(OC)c(-c2cc(Cl)ccc2C#N)cc1=O. The molecule has 1 unspecified atom stereocenters. The van der Waals surface area contributed by atoms with Gasteiger partial charge in [0.2, 0.25) is 0 Å². The van der Waals surface area contributed by atoms with E-state index in [9.17, 15) is 29.2 Å². The standard InChI is InChI=1S/C40H40ClN3O9/c1-6-33(44-22-35(50-5)31(20-36(44)46)30-19-29(41)17-16-28(30)21-42)34(45)18-25-12-14-27(15-13-25)37(47)52-24-32(43-39(49)53-40(2,3)4)38(48)51-23-26-10-8-7-9-11-26/h7-17,19-20,22,32-33H,6,18,23-24H2,1-5H3,(H,43,49)/t32-,33?/m0/s1. The number of nitrogens with one attached hydrogen (secondary N) is 1. The molecule has 0 aliphatic heterocycles. The van der Waals surface area contributed by atoms with Gasteiger partial charge < -0.3 is 28.8 Å². The third-order valence-electron chi connectivity index (χ3n) is 7.90. The normalized spacial score (nSPS) is 12.1. The molecule has 0 saturated heterocycles.